The average molecular weight is 326 g/mol. The van der Waals surface area contributed by atoms with Gasteiger partial charge in [-0.2, -0.15) is 0 Å². The standard InChI is InChI=1S/C20H26N2O2/c1-14-9-15(2)19(16(3)10-14)12-22-11-17-5-7-18(8-6-17)24-13-20(23)21-4/h5-10,22H,11-13H2,1-4H3,(H,21,23). The van der Waals surface area contributed by atoms with Crippen LogP contribution in [0.2, 0.25) is 0 Å². The van der Waals surface area contributed by atoms with E-state index in [-0.39, 0.29) is 12.5 Å². The number of carbonyl (C=O) groups excluding carboxylic acids is 1. The van der Waals surface area contributed by atoms with Gasteiger partial charge in [-0.1, -0.05) is 29.8 Å². The second kappa shape index (κ2) is 8.50. The van der Waals surface area contributed by atoms with Crippen molar-refractivity contribution in [3.63, 3.8) is 0 Å². The Morgan fingerprint density at radius 2 is 1.62 bits per heavy atom. The number of nitrogens with one attached hydrogen (secondary N) is 2. The Kier molecular flexibility index (Phi) is 6.38. The quantitative estimate of drug-likeness (QED) is 0.822. The van der Waals surface area contributed by atoms with Gasteiger partial charge in [0.1, 0.15) is 5.75 Å². The van der Waals surface area contributed by atoms with Crippen molar-refractivity contribution in [2.45, 2.75) is 33.9 Å². The molecule has 0 unspecified atom stereocenters. The summed E-state index contributed by atoms with van der Waals surface area (Å²) in [4.78, 5) is 11.2. The summed E-state index contributed by atoms with van der Waals surface area (Å²) in [5.41, 5.74) is 6.52. The number of carbonyl (C=O) groups is 1. The van der Waals surface area contributed by atoms with Gasteiger partial charge < -0.3 is 15.4 Å². The maximum atomic E-state index is 11.2. The number of hydrogen-bond acceptors (Lipinski definition) is 3. The Labute approximate surface area is 144 Å². The van der Waals surface area contributed by atoms with Crippen LogP contribution in [0.15, 0.2) is 36.4 Å². The topological polar surface area (TPSA) is 50.4 Å². The van der Waals surface area contributed by atoms with Crippen LogP contribution in [-0.2, 0) is 17.9 Å². The molecule has 128 valence electrons. The third-order valence-corrected chi connectivity index (χ3v) is 4.04. The molecule has 0 aliphatic rings. The zero-order valence-corrected chi connectivity index (χ0v) is 14.9. The van der Waals surface area contributed by atoms with E-state index in [2.05, 4.69) is 43.5 Å². The first-order valence-electron chi connectivity index (χ1n) is 8.19. The van der Waals surface area contributed by atoms with Crippen LogP contribution < -0.4 is 15.4 Å². The van der Waals surface area contributed by atoms with Crippen LogP contribution >= 0.6 is 0 Å². The highest BCUT2D eigenvalue weighted by molar-refractivity contribution is 5.77. The summed E-state index contributed by atoms with van der Waals surface area (Å²) in [6.45, 7) is 8.14. The zero-order valence-electron chi connectivity index (χ0n) is 14.9. The molecule has 2 aromatic carbocycles. The summed E-state index contributed by atoms with van der Waals surface area (Å²) in [5, 5.41) is 6.02. The van der Waals surface area contributed by atoms with E-state index < -0.39 is 0 Å². The fourth-order valence-corrected chi connectivity index (χ4v) is 2.75. The Balaban J connectivity index is 1.86. The molecular formula is C20H26N2O2. The molecule has 0 fully saturated rings. The smallest absolute Gasteiger partial charge is 0.257 e. The molecule has 0 bridgehead atoms. The first-order chi connectivity index (χ1) is 11.5. The van der Waals surface area contributed by atoms with Gasteiger partial charge in [-0.05, 0) is 55.2 Å². The fraction of sp³-hybridized carbons (Fsp3) is 0.350. The van der Waals surface area contributed by atoms with Crippen molar-refractivity contribution in [2.24, 2.45) is 0 Å². The van der Waals surface area contributed by atoms with Crippen LogP contribution in [0.4, 0.5) is 0 Å². The van der Waals surface area contributed by atoms with Crippen molar-refractivity contribution < 1.29 is 9.53 Å². The lowest BCUT2D eigenvalue weighted by Crippen LogP contribution is -2.24. The van der Waals surface area contributed by atoms with Gasteiger partial charge in [0.05, 0.1) is 0 Å². The number of benzene rings is 2. The van der Waals surface area contributed by atoms with E-state index in [1.807, 2.05) is 24.3 Å². The summed E-state index contributed by atoms with van der Waals surface area (Å²) < 4.78 is 5.40. The van der Waals surface area contributed by atoms with Crippen molar-refractivity contribution in [1.29, 1.82) is 0 Å². The molecule has 1 amide bonds. The largest absolute Gasteiger partial charge is 0.484 e. The number of likely N-dealkylation sites (N-methyl/N-ethyl adjacent to an activating group) is 1. The Bertz CT molecular complexity index is 670. The number of aryl methyl sites for hydroxylation is 3. The average Bonchev–Trinajstić information content (AvgIpc) is 2.56. The van der Waals surface area contributed by atoms with Gasteiger partial charge in [0.25, 0.3) is 5.91 Å². The highest BCUT2D eigenvalue weighted by atomic mass is 16.5. The lowest BCUT2D eigenvalue weighted by Gasteiger charge is -2.13. The van der Waals surface area contributed by atoms with Gasteiger partial charge in [0, 0.05) is 20.1 Å². The second-order valence-corrected chi connectivity index (χ2v) is 6.09. The second-order valence-electron chi connectivity index (χ2n) is 6.09. The maximum Gasteiger partial charge on any atom is 0.257 e. The lowest BCUT2D eigenvalue weighted by atomic mass is 10.00. The molecule has 0 atom stereocenters. The molecule has 0 saturated carbocycles. The molecule has 2 rings (SSSR count). The van der Waals surface area contributed by atoms with E-state index in [4.69, 9.17) is 4.74 Å². The number of amides is 1. The first-order valence-corrected chi connectivity index (χ1v) is 8.19. The molecule has 2 aromatic rings. The van der Waals surface area contributed by atoms with E-state index >= 15 is 0 Å². The van der Waals surface area contributed by atoms with Crippen molar-refractivity contribution in [3.05, 3.63) is 64.2 Å². The normalized spacial score (nSPS) is 10.5. The van der Waals surface area contributed by atoms with Crippen LogP contribution in [0.25, 0.3) is 0 Å². The maximum absolute atomic E-state index is 11.2. The van der Waals surface area contributed by atoms with E-state index in [0.717, 1.165) is 13.1 Å². The van der Waals surface area contributed by atoms with Gasteiger partial charge in [-0.3, -0.25) is 4.79 Å². The molecule has 0 aliphatic carbocycles. The first kappa shape index (κ1) is 18.0. The van der Waals surface area contributed by atoms with E-state index in [1.165, 1.54) is 27.8 Å². The highest BCUT2D eigenvalue weighted by Gasteiger charge is 2.04. The third kappa shape index (κ3) is 5.10. The van der Waals surface area contributed by atoms with Gasteiger partial charge in [0.15, 0.2) is 6.61 Å². The summed E-state index contributed by atoms with van der Waals surface area (Å²) in [6.07, 6.45) is 0. The number of rotatable bonds is 7. The van der Waals surface area contributed by atoms with Gasteiger partial charge >= 0.3 is 0 Å². The van der Waals surface area contributed by atoms with Crippen molar-refractivity contribution in [3.8, 4) is 5.75 Å². The fourth-order valence-electron chi connectivity index (χ4n) is 2.75. The molecule has 24 heavy (non-hydrogen) atoms. The molecule has 0 spiro atoms. The van der Waals surface area contributed by atoms with Crippen LogP contribution in [0.5, 0.6) is 5.75 Å². The minimum absolute atomic E-state index is 0.0417. The van der Waals surface area contributed by atoms with Crippen LogP contribution in [0, 0.1) is 20.8 Å². The van der Waals surface area contributed by atoms with Gasteiger partial charge in [0.2, 0.25) is 0 Å². The summed E-state index contributed by atoms with van der Waals surface area (Å²) in [7, 11) is 1.60. The van der Waals surface area contributed by atoms with Crippen LogP contribution in [-0.4, -0.2) is 19.6 Å². The number of ether oxygens (including phenoxy) is 1. The minimum Gasteiger partial charge on any atom is -0.484 e. The summed E-state index contributed by atoms with van der Waals surface area (Å²) in [5.74, 6) is 0.567. The molecule has 0 aromatic heterocycles. The van der Waals surface area contributed by atoms with Crippen LogP contribution in [0.1, 0.15) is 27.8 Å². The molecule has 0 saturated heterocycles. The zero-order chi connectivity index (χ0) is 17.5. The van der Waals surface area contributed by atoms with Crippen molar-refractivity contribution in [1.82, 2.24) is 10.6 Å². The van der Waals surface area contributed by atoms with Crippen molar-refractivity contribution >= 4 is 5.91 Å². The SMILES string of the molecule is CNC(=O)COc1ccc(CNCc2c(C)cc(C)cc2C)cc1. The van der Waals surface area contributed by atoms with Gasteiger partial charge in [-0.25, -0.2) is 0 Å². The summed E-state index contributed by atoms with van der Waals surface area (Å²) >= 11 is 0. The number of hydrogen-bond donors (Lipinski definition) is 2. The van der Waals surface area contributed by atoms with Crippen LogP contribution in [0.3, 0.4) is 0 Å². The highest BCUT2D eigenvalue weighted by Crippen LogP contribution is 2.17. The van der Waals surface area contributed by atoms with E-state index in [0.29, 0.717) is 5.75 Å². The molecule has 4 nitrogen and oxygen atoms in total. The lowest BCUT2D eigenvalue weighted by molar-refractivity contribution is -0.122. The van der Waals surface area contributed by atoms with Gasteiger partial charge in [-0.15, -0.1) is 0 Å². The van der Waals surface area contributed by atoms with Crippen molar-refractivity contribution in [2.75, 3.05) is 13.7 Å². The monoisotopic (exact) mass is 326 g/mol. The Morgan fingerprint density at radius 3 is 2.21 bits per heavy atom. The Morgan fingerprint density at radius 1 is 1.00 bits per heavy atom. The Hall–Kier alpha value is -2.33. The predicted molar refractivity (Wildman–Crippen MR) is 97.2 cm³/mol. The molecule has 2 N–H and O–H groups in total. The van der Waals surface area contributed by atoms with E-state index in [1.54, 1.807) is 7.05 Å². The molecule has 0 heterocycles. The molecule has 0 aliphatic heterocycles. The molecular weight excluding hydrogens is 300 g/mol. The molecule has 0 radical (unpaired) electrons. The molecule has 4 heteroatoms. The minimum atomic E-state index is -0.135. The third-order valence-electron chi connectivity index (χ3n) is 4.04. The van der Waals surface area contributed by atoms with E-state index in [9.17, 15) is 4.79 Å². The summed E-state index contributed by atoms with van der Waals surface area (Å²) in [6, 6.07) is 12.3. The predicted octanol–water partition coefficient (Wildman–Crippen LogP) is 3.03.